The van der Waals surface area contributed by atoms with Crippen LogP contribution in [-0.4, -0.2) is 58.4 Å². The van der Waals surface area contributed by atoms with Crippen LogP contribution in [-0.2, 0) is 15.8 Å². The SMILES string of the molecule is O=C(O)C(=O)O.OCCC1CCN(CCC=C2c3ccc(F)cc3Sc3ccc(C(F)(F)F)cc32)CC1. The first-order valence-corrected chi connectivity index (χ1v) is 12.5. The number of fused-ring (bicyclic) bond motifs is 2. The van der Waals surface area contributed by atoms with Gasteiger partial charge >= 0.3 is 18.1 Å². The second kappa shape index (κ2) is 12.6. The Morgan fingerprint density at radius 3 is 2.27 bits per heavy atom. The van der Waals surface area contributed by atoms with Gasteiger partial charge in [0.1, 0.15) is 5.82 Å². The third kappa shape index (κ3) is 7.80. The maximum atomic E-state index is 13.8. The lowest BCUT2D eigenvalue weighted by Gasteiger charge is -2.31. The number of carboxylic acids is 2. The Labute approximate surface area is 215 Å². The quantitative estimate of drug-likeness (QED) is 0.295. The van der Waals surface area contributed by atoms with Crippen molar-refractivity contribution in [3.05, 3.63) is 65.0 Å². The van der Waals surface area contributed by atoms with Crippen LogP contribution in [0.1, 0.15) is 42.4 Å². The number of benzene rings is 2. The van der Waals surface area contributed by atoms with E-state index in [9.17, 15) is 17.6 Å². The maximum Gasteiger partial charge on any atom is 0.416 e. The summed E-state index contributed by atoms with van der Waals surface area (Å²) in [5.41, 5.74) is 1.40. The van der Waals surface area contributed by atoms with Gasteiger partial charge in [-0.1, -0.05) is 23.9 Å². The van der Waals surface area contributed by atoms with Crippen molar-refractivity contribution in [3.63, 3.8) is 0 Å². The van der Waals surface area contributed by atoms with Gasteiger partial charge in [0.2, 0.25) is 0 Å². The molecule has 2 aromatic rings. The number of aliphatic hydroxyl groups is 1. The second-order valence-electron chi connectivity index (χ2n) is 8.77. The number of hydrogen-bond donors (Lipinski definition) is 3. The van der Waals surface area contributed by atoms with E-state index in [1.807, 2.05) is 6.08 Å². The van der Waals surface area contributed by atoms with Gasteiger partial charge in [-0.05, 0) is 91.7 Å². The molecule has 0 unspecified atom stereocenters. The van der Waals surface area contributed by atoms with Crippen LogP contribution in [0.5, 0.6) is 0 Å². The zero-order valence-corrected chi connectivity index (χ0v) is 20.6. The van der Waals surface area contributed by atoms with Crippen molar-refractivity contribution in [2.24, 2.45) is 5.92 Å². The predicted molar refractivity (Wildman–Crippen MR) is 130 cm³/mol. The molecule has 1 saturated heterocycles. The largest absolute Gasteiger partial charge is 0.473 e. The van der Waals surface area contributed by atoms with Crippen molar-refractivity contribution in [2.75, 3.05) is 26.2 Å². The Bertz CT molecular complexity index is 1150. The molecule has 4 rings (SSSR count). The highest BCUT2D eigenvalue weighted by Crippen LogP contribution is 2.47. The van der Waals surface area contributed by atoms with Gasteiger partial charge < -0.3 is 20.2 Å². The van der Waals surface area contributed by atoms with Gasteiger partial charge in [-0.3, -0.25) is 0 Å². The monoisotopic (exact) mass is 541 g/mol. The minimum atomic E-state index is -4.41. The molecule has 37 heavy (non-hydrogen) atoms. The molecule has 0 aliphatic carbocycles. The third-order valence-corrected chi connectivity index (χ3v) is 7.41. The first kappa shape index (κ1) is 28.7. The molecule has 0 atom stereocenters. The van der Waals surface area contributed by atoms with Gasteiger partial charge in [0.05, 0.1) is 5.56 Å². The van der Waals surface area contributed by atoms with E-state index in [1.165, 1.54) is 36.0 Å². The number of likely N-dealkylation sites (tertiary alicyclic amines) is 1. The molecule has 2 aliphatic rings. The average Bonchev–Trinajstić information content (AvgIpc) is 2.84. The zero-order valence-electron chi connectivity index (χ0n) is 19.8. The van der Waals surface area contributed by atoms with E-state index < -0.39 is 23.7 Å². The molecule has 2 heterocycles. The predicted octanol–water partition coefficient (Wildman–Crippen LogP) is 5.38. The van der Waals surface area contributed by atoms with E-state index in [0.29, 0.717) is 22.8 Å². The van der Waals surface area contributed by atoms with Gasteiger partial charge in [-0.15, -0.1) is 0 Å². The van der Waals surface area contributed by atoms with Crippen molar-refractivity contribution in [1.29, 1.82) is 0 Å². The number of alkyl halides is 3. The molecule has 0 spiro atoms. The van der Waals surface area contributed by atoms with Gasteiger partial charge in [-0.25, -0.2) is 14.0 Å². The molecule has 3 N–H and O–H groups in total. The fraction of sp³-hybridized carbons (Fsp3) is 0.385. The van der Waals surface area contributed by atoms with E-state index in [-0.39, 0.29) is 12.4 Å². The molecular weight excluding hydrogens is 514 g/mol. The normalized spacial score (nSPS) is 16.9. The summed E-state index contributed by atoms with van der Waals surface area (Å²) in [6.07, 6.45) is 1.27. The number of piperidine rings is 1. The molecule has 11 heteroatoms. The molecule has 0 radical (unpaired) electrons. The molecular formula is C26H27F4NO5S. The van der Waals surface area contributed by atoms with Crippen LogP contribution < -0.4 is 0 Å². The fourth-order valence-corrected chi connectivity index (χ4v) is 5.48. The Morgan fingerprint density at radius 2 is 1.68 bits per heavy atom. The van der Waals surface area contributed by atoms with Crippen LogP contribution in [0.4, 0.5) is 17.6 Å². The van der Waals surface area contributed by atoms with Crippen molar-refractivity contribution < 1.29 is 42.5 Å². The summed E-state index contributed by atoms with van der Waals surface area (Å²) < 4.78 is 53.7. The summed E-state index contributed by atoms with van der Waals surface area (Å²) in [7, 11) is 0. The van der Waals surface area contributed by atoms with Gasteiger partial charge in [0, 0.05) is 22.9 Å². The summed E-state index contributed by atoms with van der Waals surface area (Å²) in [5, 5.41) is 23.9. The van der Waals surface area contributed by atoms with Crippen molar-refractivity contribution in [2.45, 2.75) is 41.7 Å². The lowest BCUT2D eigenvalue weighted by Crippen LogP contribution is -2.34. The highest BCUT2D eigenvalue weighted by molar-refractivity contribution is 7.99. The molecule has 6 nitrogen and oxygen atoms in total. The summed E-state index contributed by atoms with van der Waals surface area (Å²) in [6, 6.07) is 8.24. The second-order valence-corrected chi connectivity index (χ2v) is 9.85. The number of hydrogen-bond acceptors (Lipinski definition) is 5. The minimum absolute atomic E-state index is 0.230. The number of carboxylic acid groups (broad SMARTS) is 2. The number of aliphatic hydroxyl groups excluding tert-OH is 1. The highest BCUT2D eigenvalue weighted by atomic mass is 32.2. The number of nitrogens with zero attached hydrogens (tertiary/aromatic N) is 1. The van der Waals surface area contributed by atoms with Crippen molar-refractivity contribution >= 4 is 29.3 Å². The van der Waals surface area contributed by atoms with Gasteiger partial charge in [-0.2, -0.15) is 13.2 Å². The van der Waals surface area contributed by atoms with E-state index in [4.69, 9.17) is 24.9 Å². The minimum Gasteiger partial charge on any atom is -0.473 e. The third-order valence-electron chi connectivity index (χ3n) is 6.27. The molecule has 0 amide bonds. The molecule has 0 saturated carbocycles. The maximum absolute atomic E-state index is 13.8. The van der Waals surface area contributed by atoms with Crippen LogP contribution in [0, 0.1) is 11.7 Å². The lowest BCUT2D eigenvalue weighted by atomic mass is 9.93. The Hall–Kier alpha value is -2.89. The van der Waals surface area contributed by atoms with Crippen molar-refractivity contribution in [3.8, 4) is 0 Å². The van der Waals surface area contributed by atoms with Crippen LogP contribution >= 0.6 is 11.8 Å². The number of rotatable bonds is 5. The van der Waals surface area contributed by atoms with E-state index in [0.717, 1.165) is 61.0 Å². The lowest BCUT2D eigenvalue weighted by molar-refractivity contribution is -0.159. The van der Waals surface area contributed by atoms with Gasteiger partial charge in [0.25, 0.3) is 0 Å². The zero-order chi connectivity index (χ0) is 27.2. The molecule has 2 aliphatic heterocycles. The number of aliphatic carboxylic acids is 2. The number of carbonyl (C=O) groups is 2. The van der Waals surface area contributed by atoms with Crippen molar-refractivity contribution in [1.82, 2.24) is 4.90 Å². The molecule has 1 fully saturated rings. The highest BCUT2D eigenvalue weighted by Gasteiger charge is 2.32. The van der Waals surface area contributed by atoms with E-state index >= 15 is 0 Å². The number of halogens is 4. The van der Waals surface area contributed by atoms with Crippen LogP contribution in [0.15, 0.2) is 52.3 Å². The molecule has 2 aromatic carbocycles. The summed E-state index contributed by atoms with van der Waals surface area (Å²) in [4.78, 5) is 22.0. The Kier molecular flexibility index (Phi) is 9.74. The van der Waals surface area contributed by atoms with Gasteiger partial charge in [0.15, 0.2) is 0 Å². The first-order chi connectivity index (χ1) is 17.5. The van der Waals surface area contributed by atoms with E-state index in [2.05, 4.69) is 4.90 Å². The van der Waals surface area contributed by atoms with Crippen LogP contribution in [0.2, 0.25) is 0 Å². The van der Waals surface area contributed by atoms with Crippen LogP contribution in [0.25, 0.3) is 5.57 Å². The molecule has 0 bridgehead atoms. The average molecular weight is 542 g/mol. The Balaban J connectivity index is 0.000000568. The smallest absolute Gasteiger partial charge is 0.416 e. The topological polar surface area (TPSA) is 98.1 Å². The molecule has 200 valence electrons. The summed E-state index contributed by atoms with van der Waals surface area (Å²) >= 11 is 1.31. The summed E-state index contributed by atoms with van der Waals surface area (Å²) in [6.45, 7) is 3.00. The summed E-state index contributed by atoms with van der Waals surface area (Å²) in [5.74, 6) is -3.43. The Morgan fingerprint density at radius 1 is 1.00 bits per heavy atom. The van der Waals surface area contributed by atoms with Crippen LogP contribution in [0.3, 0.4) is 0 Å². The first-order valence-electron chi connectivity index (χ1n) is 11.7. The standard InChI is InChI=1S/C24H25F4NOS.C2H2O4/c25-18-4-5-20-19(2-1-10-29-11-7-16(8-12-29)9-13-30)21-14-17(24(26,27)28)3-6-22(21)31-23(20)15-18;3-1(4)2(5)6/h2-6,14-16,30H,1,7-13H2;(H,3,4)(H,5,6). The van der Waals surface area contributed by atoms with E-state index in [1.54, 1.807) is 6.07 Å². The fourth-order valence-electron chi connectivity index (χ4n) is 4.37. The molecule has 0 aromatic heterocycles.